The molecule has 0 saturated heterocycles. The lowest BCUT2D eigenvalue weighted by Gasteiger charge is -2.19. The van der Waals surface area contributed by atoms with Crippen LogP contribution in [0.4, 0.5) is 0 Å². The number of carbonyl (C=O) groups excluding carboxylic acids is 1. The van der Waals surface area contributed by atoms with Crippen LogP contribution in [-0.2, 0) is 16.0 Å². The third-order valence-corrected chi connectivity index (χ3v) is 3.42. The highest BCUT2D eigenvalue weighted by Crippen LogP contribution is 2.11. The summed E-state index contributed by atoms with van der Waals surface area (Å²) in [6.07, 6.45) is 0.659. The van der Waals surface area contributed by atoms with E-state index in [0.29, 0.717) is 24.4 Å². The van der Waals surface area contributed by atoms with Gasteiger partial charge in [-0.05, 0) is 24.0 Å². The number of ether oxygens (including phenoxy) is 1. The minimum absolute atomic E-state index is 0.0137. The Bertz CT molecular complexity index is 485. The summed E-state index contributed by atoms with van der Waals surface area (Å²) in [6, 6.07) is 6.75. The van der Waals surface area contributed by atoms with Crippen LogP contribution >= 0.6 is 0 Å². The molecule has 1 aromatic carbocycles. The number of rotatable bonds is 8. The molecule has 0 heterocycles. The Labute approximate surface area is 125 Å². The summed E-state index contributed by atoms with van der Waals surface area (Å²) < 4.78 is 5.28. The molecular formula is C16H23NO4. The average Bonchev–Trinajstić information content (AvgIpc) is 2.45. The second-order valence-corrected chi connectivity index (χ2v) is 5.28. The average molecular weight is 293 g/mol. The summed E-state index contributed by atoms with van der Waals surface area (Å²) in [5, 5.41) is 11.9. The molecule has 0 aliphatic heterocycles. The van der Waals surface area contributed by atoms with Gasteiger partial charge in [-0.15, -0.1) is 0 Å². The van der Waals surface area contributed by atoms with Crippen LogP contribution in [0.5, 0.6) is 0 Å². The first-order valence-electron chi connectivity index (χ1n) is 7.06. The molecule has 0 aliphatic carbocycles. The zero-order chi connectivity index (χ0) is 15.8. The number of methoxy groups -OCH3 is 1. The standard InChI is InChI=1S/C16H23NO4/c1-11(2)14(21-3)10-17-15(18)9-8-12-6-4-5-7-13(12)16(19)20/h4-7,11,14H,8-10H2,1-3H3,(H,17,18)(H,19,20). The van der Waals surface area contributed by atoms with Crippen molar-refractivity contribution in [3.05, 3.63) is 35.4 Å². The van der Waals surface area contributed by atoms with Gasteiger partial charge < -0.3 is 15.2 Å². The molecule has 1 rings (SSSR count). The van der Waals surface area contributed by atoms with Gasteiger partial charge in [0.1, 0.15) is 0 Å². The van der Waals surface area contributed by atoms with Gasteiger partial charge in [0.2, 0.25) is 5.91 Å². The van der Waals surface area contributed by atoms with Gasteiger partial charge in [0.05, 0.1) is 11.7 Å². The zero-order valence-electron chi connectivity index (χ0n) is 12.8. The Balaban J connectivity index is 2.49. The van der Waals surface area contributed by atoms with E-state index >= 15 is 0 Å². The molecule has 116 valence electrons. The van der Waals surface area contributed by atoms with Crippen molar-refractivity contribution < 1.29 is 19.4 Å². The van der Waals surface area contributed by atoms with E-state index in [2.05, 4.69) is 5.32 Å². The highest BCUT2D eigenvalue weighted by atomic mass is 16.5. The number of benzene rings is 1. The van der Waals surface area contributed by atoms with E-state index in [-0.39, 0.29) is 24.0 Å². The Hall–Kier alpha value is -1.88. The molecule has 0 fully saturated rings. The van der Waals surface area contributed by atoms with Crippen molar-refractivity contribution in [2.75, 3.05) is 13.7 Å². The number of carboxylic acids is 1. The van der Waals surface area contributed by atoms with E-state index in [1.165, 1.54) is 0 Å². The molecule has 5 heteroatoms. The first-order valence-corrected chi connectivity index (χ1v) is 7.06. The highest BCUT2D eigenvalue weighted by molar-refractivity contribution is 5.89. The molecule has 1 unspecified atom stereocenters. The molecule has 21 heavy (non-hydrogen) atoms. The zero-order valence-corrected chi connectivity index (χ0v) is 12.8. The maximum atomic E-state index is 11.8. The van der Waals surface area contributed by atoms with Gasteiger partial charge in [-0.25, -0.2) is 4.79 Å². The first-order chi connectivity index (χ1) is 9.95. The quantitative estimate of drug-likeness (QED) is 0.769. The molecule has 0 aliphatic rings. The van der Waals surface area contributed by atoms with Gasteiger partial charge in [0.25, 0.3) is 0 Å². The van der Waals surface area contributed by atoms with Crippen LogP contribution < -0.4 is 5.32 Å². The van der Waals surface area contributed by atoms with Crippen LogP contribution in [-0.4, -0.2) is 36.7 Å². The van der Waals surface area contributed by atoms with Gasteiger partial charge in [0.15, 0.2) is 0 Å². The maximum absolute atomic E-state index is 11.8. The van der Waals surface area contributed by atoms with Crippen molar-refractivity contribution in [3.8, 4) is 0 Å². The molecule has 0 bridgehead atoms. The summed E-state index contributed by atoms with van der Waals surface area (Å²) in [4.78, 5) is 22.9. The minimum Gasteiger partial charge on any atom is -0.478 e. The van der Waals surface area contributed by atoms with Crippen molar-refractivity contribution in [2.24, 2.45) is 5.92 Å². The predicted molar refractivity (Wildman–Crippen MR) is 80.4 cm³/mol. The lowest BCUT2D eigenvalue weighted by molar-refractivity contribution is -0.121. The third kappa shape index (κ3) is 5.55. The number of carbonyl (C=O) groups is 2. The van der Waals surface area contributed by atoms with E-state index in [0.717, 1.165) is 0 Å². The molecule has 2 N–H and O–H groups in total. The molecule has 1 atom stereocenters. The molecule has 5 nitrogen and oxygen atoms in total. The number of aryl methyl sites for hydroxylation is 1. The van der Waals surface area contributed by atoms with Gasteiger partial charge >= 0.3 is 5.97 Å². The Morgan fingerprint density at radius 2 is 1.95 bits per heavy atom. The molecule has 0 saturated carbocycles. The molecular weight excluding hydrogens is 270 g/mol. The summed E-state index contributed by atoms with van der Waals surface area (Å²) in [6.45, 7) is 4.53. The van der Waals surface area contributed by atoms with Crippen LogP contribution in [0, 0.1) is 5.92 Å². The van der Waals surface area contributed by atoms with Gasteiger partial charge in [-0.2, -0.15) is 0 Å². The van der Waals surface area contributed by atoms with Gasteiger partial charge in [-0.1, -0.05) is 32.0 Å². The molecule has 0 spiro atoms. The summed E-state index contributed by atoms with van der Waals surface area (Å²) >= 11 is 0. The first kappa shape index (κ1) is 17.2. The van der Waals surface area contributed by atoms with Crippen molar-refractivity contribution in [3.63, 3.8) is 0 Å². The van der Waals surface area contributed by atoms with E-state index in [1.54, 1.807) is 31.4 Å². The summed E-state index contributed by atoms with van der Waals surface area (Å²) in [5.74, 6) is -0.744. The normalized spacial score (nSPS) is 12.2. The van der Waals surface area contributed by atoms with Crippen molar-refractivity contribution in [2.45, 2.75) is 32.8 Å². The molecule has 1 aromatic rings. The second-order valence-electron chi connectivity index (χ2n) is 5.28. The van der Waals surface area contributed by atoms with E-state index in [1.807, 2.05) is 13.8 Å². The van der Waals surface area contributed by atoms with Crippen molar-refractivity contribution in [1.82, 2.24) is 5.32 Å². The fourth-order valence-corrected chi connectivity index (χ4v) is 2.09. The topological polar surface area (TPSA) is 75.6 Å². The Morgan fingerprint density at radius 3 is 2.52 bits per heavy atom. The van der Waals surface area contributed by atoms with Crippen LogP contribution in [0.3, 0.4) is 0 Å². The third-order valence-electron chi connectivity index (χ3n) is 3.42. The molecule has 1 amide bonds. The molecule has 0 aromatic heterocycles. The van der Waals surface area contributed by atoms with Crippen LogP contribution in [0.1, 0.15) is 36.2 Å². The highest BCUT2D eigenvalue weighted by Gasteiger charge is 2.14. The number of nitrogens with one attached hydrogen (secondary N) is 1. The molecule has 0 radical (unpaired) electrons. The predicted octanol–water partition coefficient (Wildman–Crippen LogP) is 2.10. The van der Waals surface area contributed by atoms with Crippen LogP contribution in [0.2, 0.25) is 0 Å². The number of aromatic carboxylic acids is 1. The Kier molecular flexibility index (Phi) is 6.88. The van der Waals surface area contributed by atoms with Gasteiger partial charge in [0, 0.05) is 20.1 Å². The number of carboxylic acid groups (broad SMARTS) is 1. The maximum Gasteiger partial charge on any atom is 0.335 e. The SMILES string of the molecule is COC(CNC(=O)CCc1ccccc1C(=O)O)C(C)C. The summed E-state index contributed by atoms with van der Waals surface area (Å²) in [5.41, 5.74) is 0.926. The fraction of sp³-hybridized carbons (Fsp3) is 0.500. The van der Waals surface area contributed by atoms with E-state index in [4.69, 9.17) is 9.84 Å². The second kappa shape index (κ2) is 8.42. The minimum atomic E-state index is -0.967. The number of hydrogen-bond acceptors (Lipinski definition) is 3. The van der Waals surface area contributed by atoms with E-state index < -0.39 is 5.97 Å². The Morgan fingerprint density at radius 1 is 1.29 bits per heavy atom. The van der Waals surface area contributed by atoms with Crippen LogP contribution in [0.25, 0.3) is 0 Å². The van der Waals surface area contributed by atoms with Gasteiger partial charge in [-0.3, -0.25) is 4.79 Å². The van der Waals surface area contributed by atoms with Crippen molar-refractivity contribution in [1.29, 1.82) is 0 Å². The smallest absolute Gasteiger partial charge is 0.335 e. The lowest BCUT2D eigenvalue weighted by Crippen LogP contribution is -2.36. The lowest BCUT2D eigenvalue weighted by atomic mass is 10.0. The number of amides is 1. The van der Waals surface area contributed by atoms with Crippen LogP contribution in [0.15, 0.2) is 24.3 Å². The fourth-order valence-electron chi connectivity index (χ4n) is 2.09. The van der Waals surface area contributed by atoms with Crippen molar-refractivity contribution >= 4 is 11.9 Å². The monoisotopic (exact) mass is 293 g/mol. The van der Waals surface area contributed by atoms with E-state index in [9.17, 15) is 9.59 Å². The largest absolute Gasteiger partial charge is 0.478 e. The summed E-state index contributed by atoms with van der Waals surface area (Å²) in [7, 11) is 1.62. The number of hydrogen-bond donors (Lipinski definition) is 2.